The van der Waals surface area contributed by atoms with E-state index >= 15 is 0 Å². The van der Waals surface area contributed by atoms with Crippen molar-refractivity contribution in [3.63, 3.8) is 0 Å². The molecule has 6 heteroatoms. The van der Waals surface area contributed by atoms with Crippen LogP contribution in [0.25, 0.3) is 0 Å². The minimum atomic E-state index is -0.148. The predicted molar refractivity (Wildman–Crippen MR) is 92.7 cm³/mol. The van der Waals surface area contributed by atoms with Gasteiger partial charge >= 0.3 is 0 Å². The van der Waals surface area contributed by atoms with Gasteiger partial charge < -0.3 is 9.42 Å². The van der Waals surface area contributed by atoms with E-state index in [2.05, 4.69) is 39.3 Å². The number of rotatable bonds is 4. The molecular weight excluding hydrogens is 316 g/mol. The Morgan fingerprint density at radius 1 is 1.24 bits per heavy atom. The lowest BCUT2D eigenvalue weighted by atomic mass is 9.93. The quantitative estimate of drug-likeness (QED) is 0.854. The summed E-state index contributed by atoms with van der Waals surface area (Å²) >= 11 is 0. The van der Waals surface area contributed by atoms with Gasteiger partial charge in [0.05, 0.1) is 12.6 Å². The molecule has 2 aliphatic rings. The fourth-order valence-electron chi connectivity index (χ4n) is 3.81. The van der Waals surface area contributed by atoms with Crippen molar-refractivity contribution < 1.29 is 9.32 Å². The first-order valence-corrected chi connectivity index (χ1v) is 9.15. The Hall–Kier alpha value is -2.21. The molecule has 1 aromatic heterocycles. The van der Waals surface area contributed by atoms with E-state index in [4.69, 9.17) is 4.52 Å². The number of likely N-dealkylation sites (tertiary alicyclic amines) is 1. The normalized spacial score (nSPS) is 20.7. The molecule has 1 saturated heterocycles. The average molecular weight is 340 g/mol. The molecule has 1 aromatic carbocycles. The Balaban J connectivity index is 1.59. The maximum atomic E-state index is 13.1. The fourth-order valence-corrected chi connectivity index (χ4v) is 3.81. The van der Waals surface area contributed by atoms with Gasteiger partial charge in [0.1, 0.15) is 0 Å². The molecule has 0 spiro atoms. The summed E-state index contributed by atoms with van der Waals surface area (Å²) in [5, 5.41) is 3.98. The average Bonchev–Trinajstić information content (AvgIpc) is 3.32. The van der Waals surface area contributed by atoms with Crippen molar-refractivity contribution in [3.8, 4) is 0 Å². The van der Waals surface area contributed by atoms with Gasteiger partial charge in [-0.25, -0.2) is 0 Å². The van der Waals surface area contributed by atoms with Gasteiger partial charge in [0.2, 0.25) is 11.8 Å². The highest BCUT2D eigenvalue weighted by Gasteiger charge is 2.35. The first kappa shape index (κ1) is 16.3. The Bertz CT molecular complexity index is 751. The highest BCUT2D eigenvalue weighted by Crippen LogP contribution is 2.26. The van der Waals surface area contributed by atoms with E-state index in [9.17, 15) is 4.79 Å². The molecule has 2 aliphatic heterocycles. The maximum Gasteiger partial charge on any atom is 0.240 e. The van der Waals surface area contributed by atoms with E-state index in [-0.39, 0.29) is 11.9 Å². The summed E-state index contributed by atoms with van der Waals surface area (Å²) in [6.07, 6.45) is 3.72. The number of hydrogen-bond donors (Lipinski definition) is 0. The van der Waals surface area contributed by atoms with Crippen LogP contribution in [-0.4, -0.2) is 45.0 Å². The lowest BCUT2D eigenvalue weighted by molar-refractivity contribution is -0.137. The van der Waals surface area contributed by atoms with Gasteiger partial charge in [0, 0.05) is 26.1 Å². The minimum Gasteiger partial charge on any atom is -0.341 e. The standard InChI is InChI=1S/C19H24N4O2/c1-2-17-20-18(25-21-17)13-23-12-15-8-4-3-7-14(15)11-16(23)19(24)22-9-5-6-10-22/h3-4,7-8,16H,2,5-6,9-13H2,1H3. The fraction of sp³-hybridized carbons (Fsp3) is 0.526. The van der Waals surface area contributed by atoms with Crippen LogP contribution in [0, 0.1) is 0 Å². The van der Waals surface area contributed by atoms with Gasteiger partial charge in [0.25, 0.3) is 0 Å². The highest BCUT2D eigenvalue weighted by molar-refractivity contribution is 5.82. The molecule has 2 aromatic rings. The van der Waals surface area contributed by atoms with Gasteiger partial charge in [-0.2, -0.15) is 4.98 Å². The smallest absolute Gasteiger partial charge is 0.240 e. The SMILES string of the molecule is CCc1noc(CN2Cc3ccccc3CC2C(=O)N2CCCC2)n1. The van der Waals surface area contributed by atoms with Crippen LogP contribution in [0.4, 0.5) is 0 Å². The zero-order chi connectivity index (χ0) is 17.2. The van der Waals surface area contributed by atoms with Crippen LogP contribution in [0.3, 0.4) is 0 Å². The van der Waals surface area contributed by atoms with Crippen LogP contribution in [0.5, 0.6) is 0 Å². The van der Waals surface area contributed by atoms with E-state index in [0.717, 1.165) is 51.1 Å². The third-order valence-electron chi connectivity index (χ3n) is 5.21. The molecule has 0 bridgehead atoms. The van der Waals surface area contributed by atoms with Crippen molar-refractivity contribution in [2.24, 2.45) is 0 Å². The summed E-state index contributed by atoms with van der Waals surface area (Å²) in [4.78, 5) is 21.7. The van der Waals surface area contributed by atoms with Gasteiger partial charge in [0.15, 0.2) is 5.82 Å². The molecule has 0 saturated carbocycles. The third kappa shape index (κ3) is 3.31. The van der Waals surface area contributed by atoms with Crippen LogP contribution in [-0.2, 0) is 30.7 Å². The largest absolute Gasteiger partial charge is 0.341 e. The topological polar surface area (TPSA) is 62.5 Å². The summed E-state index contributed by atoms with van der Waals surface area (Å²) < 4.78 is 5.37. The summed E-state index contributed by atoms with van der Waals surface area (Å²) in [6, 6.07) is 8.24. The van der Waals surface area contributed by atoms with Crippen molar-refractivity contribution >= 4 is 5.91 Å². The van der Waals surface area contributed by atoms with Crippen molar-refractivity contribution in [2.75, 3.05) is 13.1 Å². The molecule has 0 N–H and O–H groups in total. The van der Waals surface area contributed by atoms with Gasteiger partial charge in [-0.3, -0.25) is 9.69 Å². The maximum absolute atomic E-state index is 13.1. The Morgan fingerprint density at radius 2 is 2.00 bits per heavy atom. The molecule has 3 heterocycles. The number of benzene rings is 1. The molecule has 1 atom stereocenters. The Kier molecular flexibility index (Phi) is 4.53. The van der Waals surface area contributed by atoms with Crippen LogP contribution in [0.1, 0.15) is 42.6 Å². The lowest BCUT2D eigenvalue weighted by Crippen LogP contribution is -2.50. The summed E-state index contributed by atoms with van der Waals surface area (Å²) in [7, 11) is 0. The number of fused-ring (bicyclic) bond motifs is 1. The van der Waals surface area contributed by atoms with Crippen LogP contribution in [0.15, 0.2) is 28.8 Å². The van der Waals surface area contributed by atoms with E-state index in [1.54, 1.807) is 0 Å². The number of aromatic nitrogens is 2. The van der Waals surface area contributed by atoms with Crippen molar-refractivity contribution in [1.82, 2.24) is 19.9 Å². The minimum absolute atomic E-state index is 0.148. The molecule has 0 aliphatic carbocycles. The zero-order valence-electron chi connectivity index (χ0n) is 14.6. The molecule has 25 heavy (non-hydrogen) atoms. The highest BCUT2D eigenvalue weighted by atomic mass is 16.5. The molecule has 1 fully saturated rings. The van der Waals surface area contributed by atoms with Crippen LogP contribution < -0.4 is 0 Å². The van der Waals surface area contributed by atoms with Gasteiger partial charge in [-0.1, -0.05) is 36.3 Å². The third-order valence-corrected chi connectivity index (χ3v) is 5.21. The molecule has 1 amide bonds. The van der Waals surface area contributed by atoms with Crippen molar-refractivity contribution in [2.45, 2.75) is 51.7 Å². The number of amides is 1. The van der Waals surface area contributed by atoms with Crippen LogP contribution >= 0.6 is 0 Å². The monoisotopic (exact) mass is 340 g/mol. The van der Waals surface area contributed by atoms with Crippen molar-refractivity contribution in [1.29, 1.82) is 0 Å². The van der Waals surface area contributed by atoms with E-state index in [1.165, 1.54) is 11.1 Å². The van der Waals surface area contributed by atoms with Gasteiger partial charge in [-0.05, 0) is 30.4 Å². The predicted octanol–water partition coefficient (Wildman–Crippen LogP) is 2.18. The Morgan fingerprint density at radius 3 is 2.72 bits per heavy atom. The molecule has 6 nitrogen and oxygen atoms in total. The second-order valence-electron chi connectivity index (χ2n) is 6.88. The van der Waals surface area contributed by atoms with Gasteiger partial charge in [-0.15, -0.1) is 0 Å². The summed E-state index contributed by atoms with van der Waals surface area (Å²) in [6.45, 7) is 5.03. The number of hydrogen-bond acceptors (Lipinski definition) is 5. The summed E-state index contributed by atoms with van der Waals surface area (Å²) in [5.41, 5.74) is 2.55. The number of carbonyl (C=O) groups is 1. The second-order valence-corrected chi connectivity index (χ2v) is 6.88. The molecule has 0 radical (unpaired) electrons. The van der Waals surface area contributed by atoms with E-state index in [1.807, 2.05) is 11.8 Å². The molecular formula is C19H24N4O2. The second kappa shape index (κ2) is 6.96. The summed E-state index contributed by atoms with van der Waals surface area (Å²) in [5.74, 6) is 1.55. The van der Waals surface area contributed by atoms with Crippen molar-refractivity contribution in [3.05, 3.63) is 47.1 Å². The molecule has 1 unspecified atom stereocenters. The van der Waals surface area contributed by atoms with E-state index in [0.29, 0.717) is 12.4 Å². The lowest BCUT2D eigenvalue weighted by Gasteiger charge is -2.37. The zero-order valence-corrected chi connectivity index (χ0v) is 14.6. The molecule has 4 rings (SSSR count). The van der Waals surface area contributed by atoms with Crippen LogP contribution in [0.2, 0.25) is 0 Å². The number of aryl methyl sites for hydroxylation is 1. The first-order valence-electron chi connectivity index (χ1n) is 9.15. The molecule has 132 valence electrons. The number of carbonyl (C=O) groups excluding carboxylic acids is 1. The van der Waals surface area contributed by atoms with E-state index < -0.39 is 0 Å². The Labute approximate surface area is 147 Å². The number of nitrogens with zero attached hydrogens (tertiary/aromatic N) is 4. The first-order chi connectivity index (χ1) is 12.2.